The highest BCUT2D eigenvalue weighted by atomic mass is 32.2. The van der Waals surface area contributed by atoms with Gasteiger partial charge in [-0.1, -0.05) is 12.1 Å². The van der Waals surface area contributed by atoms with Gasteiger partial charge in [0.2, 0.25) is 11.5 Å². The van der Waals surface area contributed by atoms with Crippen molar-refractivity contribution in [1.29, 1.82) is 0 Å². The molecule has 3 atom stereocenters. The van der Waals surface area contributed by atoms with Gasteiger partial charge in [-0.15, -0.1) is 34.9 Å². The van der Waals surface area contributed by atoms with Crippen molar-refractivity contribution in [2.75, 3.05) is 18.0 Å². The minimum absolute atomic E-state index is 0.121. The average molecular weight is 526 g/mol. The Morgan fingerprint density at radius 1 is 1.47 bits per heavy atom. The monoisotopic (exact) mass is 526 g/mol. The minimum Gasteiger partial charge on any atom is -0.542 e. The van der Waals surface area contributed by atoms with Gasteiger partial charge in [-0.05, 0) is 26.0 Å². The number of thioether (sulfide) groups is 2. The van der Waals surface area contributed by atoms with Gasteiger partial charge in [-0.3, -0.25) is 14.4 Å². The largest absolute Gasteiger partial charge is 0.542 e. The number of nitrogens with two attached hydrogens (primary N) is 1. The van der Waals surface area contributed by atoms with Gasteiger partial charge in [0.25, 0.3) is 0 Å². The van der Waals surface area contributed by atoms with E-state index in [-0.39, 0.29) is 35.4 Å². The average Bonchev–Trinajstić information content (AvgIpc) is 3.38. The Labute approximate surface area is 209 Å². The number of amides is 1. The van der Waals surface area contributed by atoms with Crippen LogP contribution in [-0.4, -0.2) is 79.7 Å². The Hall–Kier alpha value is -2.26. The number of thiazole rings is 1. The van der Waals surface area contributed by atoms with E-state index in [1.807, 2.05) is 6.92 Å². The summed E-state index contributed by atoms with van der Waals surface area (Å²) in [6.07, 6.45) is 0.584. The van der Waals surface area contributed by atoms with Crippen LogP contribution in [0.5, 0.6) is 0 Å². The van der Waals surface area contributed by atoms with E-state index in [0.717, 1.165) is 17.8 Å². The van der Waals surface area contributed by atoms with Crippen LogP contribution in [-0.2, 0) is 28.7 Å². The van der Waals surface area contributed by atoms with Crippen molar-refractivity contribution >= 4 is 77.4 Å². The topological polar surface area (TPSA) is 161 Å². The molecule has 1 aromatic heterocycles. The molecule has 1 aromatic rings. The number of carbonyl (C=O) groups is 4. The number of carboxylic acid groups (broad SMARTS) is 1. The number of hydrogen-bond donors (Lipinski definition) is 2. The summed E-state index contributed by atoms with van der Waals surface area (Å²) >= 11 is 3.68. The summed E-state index contributed by atoms with van der Waals surface area (Å²) in [5, 5.41) is 14.3. The van der Waals surface area contributed by atoms with Crippen LogP contribution in [0.2, 0.25) is 0 Å². The normalized spacial score (nSPS) is 24.4. The number of hydrogen-bond acceptors (Lipinski definition) is 12. The summed E-state index contributed by atoms with van der Waals surface area (Å²) < 4.78 is 3.45. The van der Waals surface area contributed by atoms with Crippen molar-refractivity contribution in [2.24, 2.45) is 11.1 Å². The van der Waals surface area contributed by atoms with Gasteiger partial charge < -0.3 is 25.2 Å². The smallest absolute Gasteiger partial charge is 0.378 e. The Morgan fingerprint density at radius 3 is 2.74 bits per heavy atom. The number of carboxylic acids is 1. The fourth-order valence-electron chi connectivity index (χ4n) is 3.29. The second-order valence-corrected chi connectivity index (χ2v) is 12.1. The molecule has 2 saturated heterocycles. The predicted molar refractivity (Wildman–Crippen MR) is 129 cm³/mol. The molecule has 0 bridgehead atoms. The van der Waals surface area contributed by atoms with Crippen LogP contribution in [0, 0.1) is 5.92 Å². The summed E-state index contributed by atoms with van der Waals surface area (Å²) in [7, 11) is 5.14. The van der Waals surface area contributed by atoms with Crippen LogP contribution in [0.25, 0.3) is 0 Å². The van der Waals surface area contributed by atoms with Crippen LogP contribution in [0.1, 0.15) is 39.3 Å². The fraction of sp³-hybridized carbons (Fsp3) is 0.579. The summed E-state index contributed by atoms with van der Waals surface area (Å²) in [4.78, 5) is 60.4. The number of nitrogen functional groups attached to an aromatic ring is 1. The molecule has 0 saturated carbocycles. The Kier molecular flexibility index (Phi) is 7.87. The van der Waals surface area contributed by atoms with E-state index in [9.17, 15) is 24.3 Å². The van der Waals surface area contributed by atoms with Crippen molar-refractivity contribution in [3.05, 3.63) is 11.1 Å². The molecular weight excluding hydrogens is 503 g/mol. The first-order valence-corrected chi connectivity index (χ1v) is 13.0. The number of fused-ring (bicyclic) bond motifs is 1. The first kappa shape index (κ1) is 26.4. The molecule has 11 nitrogen and oxygen atoms in total. The molecule has 0 aliphatic carbocycles. The van der Waals surface area contributed by atoms with E-state index < -0.39 is 38.7 Å². The molecule has 2 radical (unpaired) electrons. The maximum atomic E-state index is 13.2. The summed E-state index contributed by atoms with van der Waals surface area (Å²) in [6, 6.07) is 0. The standard InChI is InChI=1S/C19H23BN4O7S3/c1-4-5-33-19(16(29)30-20)8-24-13(26)9(14(24)34-19)6-11(25)12(10-7-32-17(21)22-10)23-31-18(2,3)15(27)28/h7,9,14H,4-6,8H2,1-3H3,(H2,21,22)(H,27,28)/b23-12-/t9-,14?,19-/m1/s1. The van der Waals surface area contributed by atoms with Crippen molar-refractivity contribution in [2.45, 2.75) is 48.7 Å². The van der Waals surface area contributed by atoms with Gasteiger partial charge in [-0.25, -0.2) is 9.78 Å². The molecule has 15 heteroatoms. The SMILES string of the molecule is [B]OC(=O)[C@@]1(SCCC)CN2C(=O)[C@@H](CC(=O)/C(=N\OC(C)(C)C(=O)O)c3csc(N)n3)C2S1. The molecule has 182 valence electrons. The van der Waals surface area contributed by atoms with E-state index >= 15 is 0 Å². The lowest BCUT2D eigenvalue weighted by molar-refractivity contribution is -0.161. The van der Waals surface area contributed by atoms with E-state index in [2.05, 4.69) is 14.8 Å². The maximum absolute atomic E-state index is 13.2. The van der Waals surface area contributed by atoms with Crippen LogP contribution in [0.3, 0.4) is 0 Å². The molecule has 34 heavy (non-hydrogen) atoms. The first-order chi connectivity index (χ1) is 16.0. The van der Waals surface area contributed by atoms with Crippen LogP contribution >= 0.6 is 34.9 Å². The molecule has 1 amide bonds. The van der Waals surface area contributed by atoms with E-state index in [1.165, 1.54) is 47.7 Å². The number of aromatic nitrogens is 1. The number of aliphatic carboxylic acids is 1. The quantitative estimate of drug-likeness (QED) is 0.185. The van der Waals surface area contributed by atoms with Crippen molar-refractivity contribution in [3.63, 3.8) is 0 Å². The Bertz CT molecular complexity index is 1030. The highest BCUT2D eigenvalue weighted by Gasteiger charge is 2.62. The van der Waals surface area contributed by atoms with Gasteiger partial charge in [0.15, 0.2) is 20.7 Å². The molecule has 0 spiro atoms. The number of Topliss-reactive ketones (excluding diaryl/α,β-unsaturated/α-hetero) is 1. The number of anilines is 1. The molecule has 0 aromatic carbocycles. The van der Waals surface area contributed by atoms with Gasteiger partial charge in [-0.2, -0.15) is 0 Å². The molecule has 2 aliphatic heterocycles. The lowest BCUT2D eigenvalue weighted by Gasteiger charge is -2.41. The van der Waals surface area contributed by atoms with E-state index in [1.54, 1.807) is 0 Å². The van der Waals surface area contributed by atoms with Gasteiger partial charge in [0.05, 0.1) is 17.8 Å². The Morgan fingerprint density at radius 2 is 2.18 bits per heavy atom. The van der Waals surface area contributed by atoms with Crippen molar-refractivity contribution in [1.82, 2.24) is 9.88 Å². The Balaban J connectivity index is 1.80. The zero-order valence-corrected chi connectivity index (χ0v) is 21.1. The highest BCUT2D eigenvalue weighted by molar-refractivity contribution is 8.19. The minimum atomic E-state index is -1.70. The second kappa shape index (κ2) is 10.2. The van der Waals surface area contributed by atoms with Gasteiger partial charge in [0.1, 0.15) is 5.69 Å². The zero-order valence-electron chi connectivity index (χ0n) is 18.7. The lowest BCUT2D eigenvalue weighted by Crippen LogP contribution is -2.57. The number of oxime groups is 1. The predicted octanol–water partition coefficient (Wildman–Crippen LogP) is 1.27. The number of ketones is 1. The van der Waals surface area contributed by atoms with Crippen LogP contribution < -0.4 is 5.73 Å². The molecule has 3 rings (SSSR count). The first-order valence-electron chi connectivity index (χ1n) is 10.2. The number of rotatable bonds is 11. The molecule has 2 aliphatic rings. The molecule has 3 N–H and O–H groups in total. The third-order valence-corrected chi connectivity index (χ3v) is 9.40. The van der Waals surface area contributed by atoms with Crippen molar-refractivity contribution in [3.8, 4) is 0 Å². The summed E-state index contributed by atoms with van der Waals surface area (Å²) in [5.74, 6) is -2.79. The number of carbonyl (C=O) groups excluding carboxylic acids is 3. The summed E-state index contributed by atoms with van der Waals surface area (Å²) in [6.45, 7) is 4.66. The third kappa shape index (κ3) is 5.05. The van der Waals surface area contributed by atoms with E-state index in [4.69, 9.17) is 18.6 Å². The zero-order chi connectivity index (χ0) is 25.3. The van der Waals surface area contributed by atoms with Gasteiger partial charge >= 0.3 is 20.0 Å². The van der Waals surface area contributed by atoms with Crippen LogP contribution in [0.15, 0.2) is 10.5 Å². The van der Waals surface area contributed by atoms with Gasteiger partial charge in [0, 0.05) is 11.8 Å². The number of β-lactam (4-membered cyclic amide) rings is 1. The molecular formula is C19H23BN4O7S3. The van der Waals surface area contributed by atoms with Crippen molar-refractivity contribution < 1.29 is 33.8 Å². The molecule has 2 fully saturated rings. The lowest BCUT2D eigenvalue weighted by atomic mass is 9.90. The second-order valence-electron chi connectivity index (χ2n) is 8.13. The maximum Gasteiger partial charge on any atom is 0.378 e. The highest BCUT2D eigenvalue weighted by Crippen LogP contribution is 2.55. The number of nitrogens with zero attached hydrogens (tertiary/aromatic N) is 3. The molecule has 1 unspecified atom stereocenters. The van der Waals surface area contributed by atoms with E-state index in [0.29, 0.717) is 5.75 Å². The fourth-order valence-corrected chi connectivity index (χ4v) is 7.02. The summed E-state index contributed by atoms with van der Waals surface area (Å²) in [5.41, 5.74) is 3.87. The third-order valence-electron chi connectivity index (χ3n) is 5.21. The van der Waals surface area contributed by atoms with Crippen LogP contribution in [0.4, 0.5) is 5.13 Å². The molecule has 3 heterocycles.